The molecule has 0 fully saturated rings. The molecule has 114 valence electrons. The number of methoxy groups -OCH3 is 2. The highest BCUT2D eigenvalue weighted by Gasteiger charge is 2.18. The van der Waals surface area contributed by atoms with E-state index in [1.807, 2.05) is 0 Å². The molecule has 0 unspecified atom stereocenters. The Morgan fingerprint density at radius 3 is 2.70 bits per heavy atom. The van der Waals surface area contributed by atoms with E-state index in [2.05, 4.69) is 9.82 Å². The van der Waals surface area contributed by atoms with Crippen LogP contribution in [0.25, 0.3) is 0 Å². The molecule has 20 heavy (non-hydrogen) atoms. The van der Waals surface area contributed by atoms with Gasteiger partial charge in [-0.1, -0.05) is 0 Å². The lowest BCUT2D eigenvalue weighted by molar-refractivity contribution is -0.137. The number of ether oxygens (including phenoxy) is 2. The zero-order chi connectivity index (χ0) is 15.2. The maximum atomic E-state index is 11.9. The van der Waals surface area contributed by atoms with Crippen molar-refractivity contribution in [1.82, 2.24) is 14.5 Å². The highest BCUT2D eigenvalue weighted by Crippen LogP contribution is 2.07. The standard InChI is InChI=1S/C10H17N3O6S/c1-18-10(19-2)6-12-20(16,17)8-5-11-13(7-8)4-3-9(14)15/h5,7,10,12H,3-4,6H2,1-2H3,(H,14,15). The molecule has 0 aliphatic heterocycles. The van der Waals surface area contributed by atoms with Crippen molar-refractivity contribution in [3.05, 3.63) is 12.4 Å². The lowest BCUT2D eigenvalue weighted by atomic mass is 10.4. The molecule has 0 spiro atoms. The van der Waals surface area contributed by atoms with Crippen molar-refractivity contribution in [2.45, 2.75) is 24.2 Å². The van der Waals surface area contributed by atoms with Gasteiger partial charge in [0.15, 0.2) is 6.29 Å². The summed E-state index contributed by atoms with van der Waals surface area (Å²) >= 11 is 0. The van der Waals surface area contributed by atoms with Crippen LogP contribution < -0.4 is 4.72 Å². The number of carbonyl (C=O) groups is 1. The van der Waals surface area contributed by atoms with E-state index in [0.29, 0.717) is 0 Å². The van der Waals surface area contributed by atoms with E-state index in [-0.39, 0.29) is 24.4 Å². The van der Waals surface area contributed by atoms with Crippen LogP contribution in [0.3, 0.4) is 0 Å². The van der Waals surface area contributed by atoms with Gasteiger partial charge in [-0.15, -0.1) is 0 Å². The van der Waals surface area contributed by atoms with Crippen LogP contribution >= 0.6 is 0 Å². The quantitative estimate of drug-likeness (QED) is 0.576. The molecule has 0 radical (unpaired) electrons. The highest BCUT2D eigenvalue weighted by molar-refractivity contribution is 7.89. The lowest BCUT2D eigenvalue weighted by Crippen LogP contribution is -2.34. The van der Waals surface area contributed by atoms with Gasteiger partial charge in [0.2, 0.25) is 10.0 Å². The Balaban J connectivity index is 2.66. The maximum absolute atomic E-state index is 11.9. The summed E-state index contributed by atoms with van der Waals surface area (Å²) in [5.41, 5.74) is 0. The SMILES string of the molecule is COC(CNS(=O)(=O)c1cnn(CCC(=O)O)c1)OC. The molecule has 0 saturated carbocycles. The van der Waals surface area contributed by atoms with Crippen molar-refractivity contribution < 1.29 is 27.8 Å². The normalized spacial score (nSPS) is 11.9. The molecule has 10 heteroatoms. The van der Waals surface area contributed by atoms with Crippen LogP contribution in [0.5, 0.6) is 0 Å². The third-order valence-corrected chi connectivity index (χ3v) is 3.82. The minimum absolute atomic E-state index is 0.0460. The Bertz CT molecular complexity index is 537. The molecule has 9 nitrogen and oxygen atoms in total. The van der Waals surface area contributed by atoms with Crippen LogP contribution in [0.15, 0.2) is 17.3 Å². The van der Waals surface area contributed by atoms with E-state index in [1.165, 1.54) is 25.1 Å². The first-order valence-corrected chi connectivity index (χ1v) is 7.17. The molecular formula is C10H17N3O6S. The topological polar surface area (TPSA) is 120 Å². The zero-order valence-electron chi connectivity index (χ0n) is 11.1. The van der Waals surface area contributed by atoms with Gasteiger partial charge in [-0.05, 0) is 0 Å². The van der Waals surface area contributed by atoms with E-state index in [0.717, 1.165) is 6.20 Å². The number of aromatic nitrogens is 2. The number of carboxylic acids is 1. The highest BCUT2D eigenvalue weighted by atomic mass is 32.2. The van der Waals surface area contributed by atoms with Crippen LogP contribution in [-0.2, 0) is 30.8 Å². The molecule has 1 aromatic heterocycles. The van der Waals surface area contributed by atoms with Gasteiger partial charge in [0.1, 0.15) is 4.90 Å². The molecule has 1 aromatic rings. The number of sulfonamides is 1. The summed E-state index contributed by atoms with van der Waals surface area (Å²) in [7, 11) is -0.944. The van der Waals surface area contributed by atoms with Crippen LogP contribution in [-0.4, -0.2) is 56.3 Å². The van der Waals surface area contributed by atoms with Crippen molar-refractivity contribution in [1.29, 1.82) is 0 Å². The van der Waals surface area contributed by atoms with Crippen molar-refractivity contribution in [2.75, 3.05) is 20.8 Å². The minimum atomic E-state index is -3.73. The summed E-state index contributed by atoms with van der Waals surface area (Å²) in [5, 5.41) is 12.3. The van der Waals surface area contributed by atoms with Crippen LogP contribution in [0, 0.1) is 0 Å². The first-order valence-electron chi connectivity index (χ1n) is 5.68. The predicted molar refractivity (Wildman–Crippen MR) is 67.5 cm³/mol. The molecule has 1 heterocycles. The first-order chi connectivity index (χ1) is 9.39. The fourth-order valence-corrected chi connectivity index (χ4v) is 2.31. The second-order valence-electron chi connectivity index (χ2n) is 3.84. The number of hydrogen-bond acceptors (Lipinski definition) is 6. The number of nitrogens with zero attached hydrogens (tertiary/aromatic N) is 2. The monoisotopic (exact) mass is 307 g/mol. The molecule has 1 rings (SSSR count). The second kappa shape index (κ2) is 7.33. The van der Waals surface area contributed by atoms with Gasteiger partial charge in [0.25, 0.3) is 0 Å². The van der Waals surface area contributed by atoms with Crippen molar-refractivity contribution in [3.63, 3.8) is 0 Å². The van der Waals surface area contributed by atoms with Gasteiger partial charge >= 0.3 is 5.97 Å². The number of aryl methyl sites for hydroxylation is 1. The average molecular weight is 307 g/mol. The molecule has 2 N–H and O–H groups in total. The molecule has 0 amide bonds. The summed E-state index contributed by atoms with van der Waals surface area (Å²) in [6.07, 6.45) is 1.59. The van der Waals surface area contributed by atoms with E-state index < -0.39 is 22.3 Å². The maximum Gasteiger partial charge on any atom is 0.305 e. The van der Waals surface area contributed by atoms with Gasteiger partial charge in [0.05, 0.1) is 25.7 Å². The van der Waals surface area contributed by atoms with E-state index >= 15 is 0 Å². The summed E-state index contributed by atoms with van der Waals surface area (Å²) in [4.78, 5) is 10.4. The Morgan fingerprint density at radius 2 is 2.15 bits per heavy atom. The fourth-order valence-electron chi connectivity index (χ4n) is 1.34. The lowest BCUT2D eigenvalue weighted by Gasteiger charge is -2.13. The molecule has 0 atom stereocenters. The molecule has 0 saturated heterocycles. The third kappa shape index (κ3) is 4.89. The number of nitrogens with one attached hydrogen (secondary N) is 1. The van der Waals surface area contributed by atoms with Gasteiger partial charge in [-0.3, -0.25) is 9.48 Å². The van der Waals surface area contributed by atoms with Gasteiger partial charge in [-0.25, -0.2) is 13.1 Å². The minimum Gasteiger partial charge on any atom is -0.481 e. The number of carboxylic acid groups (broad SMARTS) is 1. The summed E-state index contributed by atoms with van der Waals surface area (Å²) in [6.45, 7) is 0.0548. The smallest absolute Gasteiger partial charge is 0.305 e. The number of aliphatic carboxylic acids is 1. The molecule has 0 bridgehead atoms. The van der Waals surface area contributed by atoms with E-state index in [1.54, 1.807) is 0 Å². The Kier molecular flexibility index (Phi) is 6.07. The van der Waals surface area contributed by atoms with E-state index in [4.69, 9.17) is 14.6 Å². The average Bonchev–Trinajstić information content (AvgIpc) is 2.87. The molecular weight excluding hydrogens is 290 g/mol. The van der Waals surface area contributed by atoms with Crippen LogP contribution in [0.4, 0.5) is 0 Å². The number of rotatable bonds is 9. The molecule has 0 aliphatic rings. The molecule has 0 aliphatic carbocycles. The fraction of sp³-hybridized carbons (Fsp3) is 0.600. The summed E-state index contributed by atoms with van der Waals surface area (Å²) < 4.78 is 37.2. The van der Waals surface area contributed by atoms with Crippen LogP contribution in [0.1, 0.15) is 6.42 Å². The Hall–Kier alpha value is -1.49. The third-order valence-electron chi connectivity index (χ3n) is 2.44. The van der Waals surface area contributed by atoms with Gasteiger partial charge in [0, 0.05) is 20.4 Å². The van der Waals surface area contributed by atoms with Gasteiger partial charge < -0.3 is 14.6 Å². The Morgan fingerprint density at radius 1 is 1.50 bits per heavy atom. The van der Waals surface area contributed by atoms with Gasteiger partial charge in [-0.2, -0.15) is 5.10 Å². The first kappa shape index (κ1) is 16.6. The number of hydrogen-bond donors (Lipinski definition) is 2. The molecule has 0 aromatic carbocycles. The summed E-state index contributed by atoms with van der Waals surface area (Å²) in [6, 6.07) is 0. The summed E-state index contributed by atoms with van der Waals surface area (Å²) in [5.74, 6) is -0.980. The largest absolute Gasteiger partial charge is 0.481 e. The zero-order valence-corrected chi connectivity index (χ0v) is 12.0. The van der Waals surface area contributed by atoms with Crippen LogP contribution in [0.2, 0.25) is 0 Å². The van der Waals surface area contributed by atoms with Crippen molar-refractivity contribution in [2.24, 2.45) is 0 Å². The van der Waals surface area contributed by atoms with Crippen molar-refractivity contribution in [3.8, 4) is 0 Å². The Labute approximate surface area is 116 Å². The van der Waals surface area contributed by atoms with Crippen molar-refractivity contribution >= 4 is 16.0 Å². The van der Waals surface area contributed by atoms with E-state index in [9.17, 15) is 13.2 Å². The second-order valence-corrected chi connectivity index (χ2v) is 5.60. The predicted octanol–water partition coefficient (Wildman–Crippen LogP) is -0.745.